The molecule has 2 heterocycles. The fraction of sp³-hybridized carbons (Fsp3) is 0.308. The van der Waals surface area contributed by atoms with E-state index in [1.165, 1.54) is 12.4 Å². The largest absolute Gasteiger partial charge is 2.00 e. The first kappa shape index (κ1) is 31.0. The molecule has 0 aliphatic rings. The van der Waals surface area contributed by atoms with Gasteiger partial charge in [0, 0.05) is 62.1 Å². The van der Waals surface area contributed by atoms with Crippen molar-refractivity contribution in [3.63, 3.8) is 0 Å². The van der Waals surface area contributed by atoms with Crippen molar-refractivity contribution in [3.8, 4) is 11.5 Å². The molecule has 4 rings (SSSR count). The van der Waals surface area contributed by atoms with Crippen LogP contribution >= 0.6 is 0 Å². The zero-order valence-electron chi connectivity index (χ0n) is 22.3. The minimum atomic E-state index is 0. The van der Waals surface area contributed by atoms with Crippen LogP contribution in [0.5, 0.6) is 11.5 Å². The predicted molar refractivity (Wildman–Crippen MR) is 147 cm³/mol. The van der Waals surface area contributed by atoms with Gasteiger partial charge in [0.2, 0.25) is 0 Å². The average molecular weight is 576 g/mol. The number of phenols is 2. The first-order chi connectivity index (χ1) is 18.5. The van der Waals surface area contributed by atoms with E-state index in [0.717, 1.165) is 37.6 Å². The van der Waals surface area contributed by atoms with Gasteiger partial charge < -0.3 is 40.4 Å². The van der Waals surface area contributed by atoms with Crippen LogP contribution in [0.25, 0.3) is 0 Å². The molecule has 0 aliphatic carbocycles. The molecule has 207 valence electrons. The van der Waals surface area contributed by atoms with Crippen molar-refractivity contribution in [1.29, 1.82) is 0 Å². The Kier molecular flexibility index (Phi) is 12.6. The molecule has 0 bridgehead atoms. The van der Waals surface area contributed by atoms with E-state index in [4.69, 9.17) is 0 Å². The van der Waals surface area contributed by atoms with E-state index in [9.17, 15) is 10.2 Å². The fourth-order valence-electron chi connectivity index (χ4n) is 3.53. The second kappa shape index (κ2) is 15.9. The number of hydrogen-bond acceptors (Lipinski definition) is 10. The summed E-state index contributed by atoms with van der Waals surface area (Å²) >= 11 is 0. The van der Waals surface area contributed by atoms with Gasteiger partial charge >= 0.3 is 16.8 Å². The quantitative estimate of drug-likeness (QED) is 0.218. The molecule has 0 saturated heterocycles. The van der Waals surface area contributed by atoms with Crippen LogP contribution < -0.4 is 20.0 Å². The second-order valence-corrected chi connectivity index (χ2v) is 7.87. The molecule has 0 amide bonds. The summed E-state index contributed by atoms with van der Waals surface area (Å²) in [6.45, 7) is 11.8. The van der Waals surface area contributed by atoms with E-state index < -0.39 is 0 Å². The van der Waals surface area contributed by atoms with Crippen molar-refractivity contribution in [2.45, 2.75) is 27.7 Å². The first-order valence-electron chi connectivity index (χ1n) is 12.4. The summed E-state index contributed by atoms with van der Waals surface area (Å²) in [4.78, 5) is 4.28. The van der Waals surface area contributed by atoms with Gasteiger partial charge in [0.1, 0.15) is 22.9 Å². The van der Waals surface area contributed by atoms with Gasteiger partial charge in [-0.2, -0.15) is 0 Å². The Hall–Kier alpha value is -4.23. The van der Waals surface area contributed by atoms with Crippen LogP contribution in [0, 0.1) is 0 Å². The Balaban J connectivity index is 0.000000267. The molecule has 0 aliphatic heterocycles. The summed E-state index contributed by atoms with van der Waals surface area (Å²) in [6, 6.07) is 14.0. The number of anilines is 2. The van der Waals surface area contributed by atoms with Crippen LogP contribution in [0.3, 0.4) is 0 Å². The number of hydrogen-bond donors (Lipinski definition) is 2. The molecule has 2 N–H and O–H groups in total. The second-order valence-electron chi connectivity index (χ2n) is 7.87. The first-order valence-corrected chi connectivity index (χ1v) is 12.4. The zero-order valence-corrected chi connectivity index (χ0v) is 23.3. The van der Waals surface area contributed by atoms with Crippen molar-refractivity contribution >= 4 is 34.4 Å². The summed E-state index contributed by atoms with van der Waals surface area (Å²) in [5.74, 6) is 1.06. The van der Waals surface area contributed by atoms with Crippen LogP contribution in [0.2, 0.25) is 0 Å². The van der Waals surface area contributed by atoms with E-state index in [1.54, 1.807) is 36.4 Å². The Morgan fingerprint density at radius 3 is 1.28 bits per heavy atom. The minimum Gasteiger partial charge on any atom is -0.506 e. The summed E-state index contributed by atoms with van der Waals surface area (Å²) in [6.07, 6.45) is 3.08. The number of azo groups is 2. The van der Waals surface area contributed by atoms with Gasteiger partial charge in [0.25, 0.3) is 0 Å². The molecule has 0 fully saturated rings. The Morgan fingerprint density at radius 1 is 0.615 bits per heavy atom. The van der Waals surface area contributed by atoms with E-state index >= 15 is 0 Å². The van der Waals surface area contributed by atoms with Crippen molar-refractivity contribution in [2.75, 3.05) is 36.0 Å². The molecule has 13 heteroatoms. The van der Waals surface area contributed by atoms with Crippen molar-refractivity contribution < 1.29 is 27.0 Å². The van der Waals surface area contributed by atoms with Gasteiger partial charge in [-0.15, -0.1) is 0 Å². The maximum absolute atomic E-state index is 9.94. The molecule has 12 nitrogen and oxygen atoms in total. The van der Waals surface area contributed by atoms with Gasteiger partial charge in [-0.1, -0.05) is 0 Å². The normalized spacial score (nSPS) is 10.8. The molecule has 1 radical (unpaired) electrons. The summed E-state index contributed by atoms with van der Waals surface area (Å²) in [5.41, 5.74) is 2.77. The Morgan fingerprint density at radius 2 is 1.00 bits per heavy atom. The monoisotopic (exact) mass is 575 g/mol. The average Bonchev–Trinajstić information content (AvgIpc) is 3.64. The number of aromatic hydroxyl groups is 2. The smallest absolute Gasteiger partial charge is 0.506 e. The number of rotatable bonds is 10. The molecule has 0 unspecified atom stereocenters. The van der Waals surface area contributed by atoms with Gasteiger partial charge in [-0.3, -0.25) is 20.4 Å². The molecular weight excluding hydrogens is 543 g/mol. The number of aromatic nitrogens is 4. The van der Waals surface area contributed by atoms with Crippen LogP contribution in [0.15, 0.2) is 81.4 Å². The summed E-state index contributed by atoms with van der Waals surface area (Å²) in [7, 11) is 0. The standard InChI is InChI=1S/2C13H16N5O.Co/c2*1-3-18(4-2)10-5-6-11(12(19)9-10)15-17-13-7-8-14-16-13;/h2*5-9H,3-4H2,1-2H3,(H-,14,15,16,17,19);/q2*-1;+2. The Labute approximate surface area is 238 Å². The molecule has 4 aromatic rings. The van der Waals surface area contributed by atoms with E-state index in [-0.39, 0.29) is 28.3 Å². The molecule has 2 aromatic heterocycles. The van der Waals surface area contributed by atoms with Crippen molar-refractivity contribution in [1.82, 2.24) is 20.4 Å². The van der Waals surface area contributed by atoms with Crippen LogP contribution in [0.1, 0.15) is 27.7 Å². The molecule has 39 heavy (non-hydrogen) atoms. The third-order valence-electron chi connectivity index (χ3n) is 5.60. The van der Waals surface area contributed by atoms with Crippen LogP contribution in [-0.2, 0) is 16.8 Å². The van der Waals surface area contributed by atoms with E-state index in [0.29, 0.717) is 23.0 Å². The summed E-state index contributed by atoms with van der Waals surface area (Å²) < 4.78 is 0. The minimum absolute atomic E-state index is 0. The molecule has 2 aromatic carbocycles. The van der Waals surface area contributed by atoms with Gasteiger partial charge in [-0.25, -0.2) is 0 Å². The molecule has 0 saturated carbocycles. The number of nitrogens with zero attached hydrogens (tertiary/aromatic N) is 10. The zero-order chi connectivity index (χ0) is 27.3. The maximum atomic E-state index is 9.94. The van der Waals surface area contributed by atoms with Crippen LogP contribution in [-0.4, -0.2) is 46.6 Å². The van der Waals surface area contributed by atoms with Crippen molar-refractivity contribution in [3.05, 3.63) is 60.9 Å². The van der Waals surface area contributed by atoms with Gasteiger partial charge in [0.15, 0.2) is 0 Å². The topological polar surface area (TPSA) is 150 Å². The number of phenolic OH excluding ortho intramolecular Hbond substituents is 2. The van der Waals surface area contributed by atoms with Gasteiger partial charge in [0.05, 0.1) is 0 Å². The third kappa shape index (κ3) is 8.93. The fourth-order valence-corrected chi connectivity index (χ4v) is 3.53. The van der Waals surface area contributed by atoms with Crippen molar-refractivity contribution in [2.24, 2.45) is 20.5 Å². The van der Waals surface area contributed by atoms with E-state index in [1.807, 2.05) is 12.1 Å². The maximum Gasteiger partial charge on any atom is 2.00 e. The molecule has 0 spiro atoms. The van der Waals surface area contributed by atoms with E-state index in [2.05, 4.69) is 78.3 Å². The summed E-state index contributed by atoms with van der Waals surface area (Å²) in [5, 5.41) is 50.3. The van der Waals surface area contributed by atoms with Crippen LogP contribution in [0.4, 0.5) is 34.4 Å². The third-order valence-corrected chi connectivity index (χ3v) is 5.60. The Bertz CT molecular complexity index is 1200. The predicted octanol–water partition coefficient (Wildman–Crippen LogP) is 6.01. The number of benzene rings is 2. The SMILES string of the molecule is CCN(CC)c1ccc(N=Nc2ccn[n-]2)c(O)c1.CCN(CC)c1ccc(N=Nc2ccn[n-]2)c(O)c1.[Co+2]. The van der Waals surface area contributed by atoms with Gasteiger partial charge in [-0.05, 0) is 75.7 Å². The molecule has 0 atom stereocenters. The molecular formula is C26H32CoN10O2.